The minimum Gasteiger partial charge on any atom is -0.481 e. The molecule has 164 valence electrons. The highest BCUT2D eigenvalue weighted by molar-refractivity contribution is 7.80. The van der Waals surface area contributed by atoms with Gasteiger partial charge in [0.25, 0.3) is 0 Å². The van der Waals surface area contributed by atoms with Gasteiger partial charge >= 0.3 is 6.18 Å². The Bertz CT molecular complexity index is 905. The number of benzene rings is 1. The predicted molar refractivity (Wildman–Crippen MR) is 106 cm³/mol. The third-order valence-corrected chi connectivity index (χ3v) is 5.79. The van der Waals surface area contributed by atoms with Crippen LogP contribution >= 0.6 is 0 Å². The van der Waals surface area contributed by atoms with Crippen molar-refractivity contribution in [1.29, 1.82) is 0 Å². The highest BCUT2D eigenvalue weighted by atomic mass is 32.2. The van der Waals surface area contributed by atoms with Crippen LogP contribution in [0.25, 0.3) is 0 Å². The summed E-state index contributed by atoms with van der Waals surface area (Å²) < 4.78 is 66.6. The zero-order chi connectivity index (χ0) is 22.7. The number of pyridine rings is 1. The van der Waals surface area contributed by atoms with Crippen molar-refractivity contribution in [3.05, 3.63) is 59.3 Å². The van der Waals surface area contributed by atoms with Crippen molar-refractivity contribution in [2.24, 2.45) is 11.7 Å². The van der Waals surface area contributed by atoms with Crippen LogP contribution in [0.15, 0.2) is 42.5 Å². The summed E-state index contributed by atoms with van der Waals surface area (Å²) in [5, 5.41) is -1.66. The van der Waals surface area contributed by atoms with Crippen LogP contribution in [0, 0.1) is 5.92 Å². The number of nitrogens with zero attached hydrogens (tertiary/aromatic N) is 1. The topological polar surface area (TPSA) is 103 Å². The number of carbonyl (C=O) groups is 1. The van der Waals surface area contributed by atoms with Crippen LogP contribution in [-0.2, 0) is 27.5 Å². The molecule has 6 nitrogen and oxygen atoms in total. The molecule has 0 aliphatic heterocycles. The molecule has 3 atom stereocenters. The zero-order valence-corrected chi connectivity index (χ0v) is 17.5. The van der Waals surface area contributed by atoms with Gasteiger partial charge in [-0.1, -0.05) is 32.0 Å². The predicted octanol–water partition coefficient (Wildman–Crippen LogP) is 3.52. The fourth-order valence-corrected chi connectivity index (χ4v) is 4.55. The first kappa shape index (κ1) is 23.8. The second-order valence-corrected chi connectivity index (χ2v) is 8.29. The second-order valence-electron chi connectivity index (χ2n) is 7.27. The summed E-state index contributed by atoms with van der Waals surface area (Å²) in [6.07, 6.45) is -4.44. The van der Waals surface area contributed by atoms with Crippen molar-refractivity contribution in [1.82, 2.24) is 4.98 Å². The minimum absolute atomic E-state index is 0.123. The highest BCUT2D eigenvalue weighted by Crippen LogP contribution is 2.43. The second kappa shape index (κ2) is 9.13. The van der Waals surface area contributed by atoms with E-state index in [-0.39, 0.29) is 29.5 Å². The van der Waals surface area contributed by atoms with E-state index in [0.717, 1.165) is 12.1 Å². The van der Waals surface area contributed by atoms with Crippen LogP contribution in [0.4, 0.5) is 13.2 Å². The summed E-state index contributed by atoms with van der Waals surface area (Å²) in [5.74, 6) is -1.02. The van der Waals surface area contributed by atoms with E-state index in [9.17, 15) is 26.7 Å². The summed E-state index contributed by atoms with van der Waals surface area (Å²) in [6.45, 7) is 3.63. The lowest BCUT2D eigenvalue weighted by Gasteiger charge is -2.39. The van der Waals surface area contributed by atoms with Gasteiger partial charge in [0.05, 0.1) is 23.8 Å². The van der Waals surface area contributed by atoms with Crippen molar-refractivity contribution < 1.29 is 31.5 Å². The van der Waals surface area contributed by atoms with Gasteiger partial charge in [0.15, 0.2) is 16.3 Å². The van der Waals surface area contributed by atoms with E-state index in [4.69, 9.17) is 10.5 Å². The first-order chi connectivity index (χ1) is 13.9. The third kappa shape index (κ3) is 4.81. The molecule has 10 heteroatoms. The molecule has 1 aromatic heterocycles. The first-order valence-electron chi connectivity index (χ1n) is 9.01. The number of ether oxygens (including phenoxy) is 1. The summed E-state index contributed by atoms with van der Waals surface area (Å²) in [5.41, 5.74) is 3.48. The summed E-state index contributed by atoms with van der Waals surface area (Å²) >= 11 is -2.73. The van der Waals surface area contributed by atoms with Gasteiger partial charge in [-0.25, -0.2) is 9.19 Å². The standard InChI is InChI=1S/C20H23F3N2O4S/c1-12(2)11-19(17(18(24)26)30(27)28,15-5-4-6-16(25-15)29-3)13-7-9-14(10-8-13)20(21,22)23/h4-10,12,17H,11H2,1-3H3,(H2,24,26)(H,27,28). The molecule has 0 saturated heterocycles. The Balaban J connectivity index is 2.89. The number of aromatic nitrogens is 1. The van der Waals surface area contributed by atoms with E-state index in [1.165, 1.54) is 25.3 Å². The number of hydrogen-bond donors (Lipinski definition) is 2. The molecule has 0 spiro atoms. The molecule has 0 fully saturated rings. The largest absolute Gasteiger partial charge is 0.481 e. The zero-order valence-electron chi connectivity index (χ0n) is 16.6. The maximum absolute atomic E-state index is 13.1. The summed E-state index contributed by atoms with van der Waals surface area (Å²) in [7, 11) is 1.38. The van der Waals surface area contributed by atoms with Gasteiger partial charge in [-0.05, 0) is 36.1 Å². The Morgan fingerprint density at radius 1 is 1.17 bits per heavy atom. The van der Waals surface area contributed by atoms with Crippen molar-refractivity contribution in [2.45, 2.75) is 37.1 Å². The number of rotatable bonds is 8. The fraction of sp³-hybridized carbons (Fsp3) is 0.400. The number of carbonyl (C=O) groups excluding carboxylic acids is 1. The molecule has 2 aromatic rings. The van der Waals surface area contributed by atoms with Crippen LogP contribution in [-0.4, -0.2) is 32.0 Å². The van der Waals surface area contributed by atoms with Crippen molar-refractivity contribution >= 4 is 17.0 Å². The van der Waals surface area contributed by atoms with E-state index in [1.807, 2.05) is 13.8 Å². The molecule has 1 aromatic carbocycles. The van der Waals surface area contributed by atoms with Crippen LogP contribution in [0.5, 0.6) is 5.88 Å². The third-order valence-electron chi connectivity index (χ3n) is 4.75. The Hall–Kier alpha value is -2.46. The quantitative estimate of drug-likeness (QED) is 0.607. The van der Waals surface area contributed by atoms with E-state index in [2.05, 4.69) is 4.98 Å². The van der Waals surface area contributed by atoms with Gasteiger partial charge in [0.2, 0.25) is 11.8 Å². The van der Waals surface area contributed by atoms with Crippen molar-refractivity contribution in [2.75, 3.05) is 7.11 Å². The van der Waals surface area contributed by atoms with E-state index in [0.29, 0.717) is 0 Å². The summed E-state index contributed by atoms with van der Waals surface area (Å²) in [4.78, 5) is 16.7. The number of alkyl halides is 3. The van der Waals surface area contributed by atoms with Gasteiger partial charge in [-0.2, -0.15) is 13.2 Å². The fourth-order valence-electron chi connectivity index (χ4n) is 3.65. The molecular formula is C20H23F3N2O4S. The SMILES string of the molecule is COc1cccc(C(CC(C)C)(c2ccc(C(F)(F)F)cc2)C(C(N)=O)S(=O)O)n1. The number of methoxy groups -OCH3 is 1. The number of hydrogen-bond acceptors (Lipinski definition) is 4. The number of halogens is 3. The molecule has 0 aliphatic carbocycles. The average Bonchev–Trinajstić information content (AvgIpc) is 2.65. The van der Waals surface area contributed by atoms with Crippen LogP contribution in [0.1, 0.15) is 37.1 Å². The molecule has 0 radical (unpaired) electrons. The monoisotopic (exact) mass is 444 g/mol. The highest BCUT2D eigenvalue weighted by Gasteiger charge is 2.50. The Morgan fingerprint density at radius 3 is 2.17 bits per heavy atom. The van der Waals surface area contributed by atoms with E-state index in [1.54, 1.807) is 12.1 Å². The van der Waals surface area contributed by atoms with Gasteiger partial charge in [-0.3, -0.25) is 4.79 Å². The molecule has 0 aliphatic rings. The van der Waals surface area contributed by atoms with Crippen LogP contribution in [0.2, 0.25) is 0 Å². The molecule has 30 heavy (non-hydrogen) atoms. The first-order valence-corrected chi connectivity index (χ1v) is 10.2. The smallest absolute Gasteiger partial charge is 0.416 e. The molecule has 3 unspecified atom stereocenters. The maximum Gasteiger partial charge on any atom is 0.416 e. The van der Waals surface area contributed by atoms with E-state index >= 15 is 0 Å². The van der Waals surface area contributed by atoms with Gasteiger partial charge in [-0.15, -0.1) is 0 Å². The normalized spacial score (nSPS) is 16.0. The van der Waals surface area contributed by atoms with Crippen LogP contribution in [0.3, 0.4) is 0 Å². The van der Waals surface area contributed by atoms with Gasteiger partial charge in [0, 0.05) is 6.07 Å². The average molecular weight is 444 g/mol. The lowest BCUT2D eigenvalue weighted by molar-refractivity contribution is -0.137. The molecule has 1 heterocycles. The lowest BCUT2D eigenvalue weighted by Crippen LogP contribution is -2.52. The van der Waals surface area contributed by atoms with E-state index < -0.39 is 39.4 Å². The molecule has 0 bridgehead atoms. The molecule has 2 rings (SSSR count). The molecule has 3 N–H and O–H groups in total. The number of primary amides is 1. The Kier molecular flexibility index (Phi) is 7.25. The lowest BCUT2D eigenvalue weighted by atomic mass is 9.68. The van der Waals surface area contributed by atoms with Crippen LogP contribution < -0.4 is 10.5 Å². The molecule has 1 amide bonds. The number of nitrogens with two attached hydrogens (primary N) is 1. The summed E-state index contributed by atoms with van der Waals surface area (Å²) in [6, 6.07) is 8.77. The van der Waals surface area contributed by atoms with Crippen molar-refractivity contribution in [3.8, 4) is 5.88 Å². The molecule has 0 saturated carbocycles. The Labute approximate surface area is 174 Å². The minimum atomic E-state index is -4.56. The Morgan fingerprint density at radius 2 is 1.73 bits per heavy atom. The maximum atomic E-state index is 13.1. The van der Waals surface area contributed by atoms with Crippen molar-refractivity contribution in [3.63, 3.8) is 0 Å². The number of amides is 1. The van der Waals surface area contributed by atoms with Gasteiger partial charge in [0.1, 0.15) is 0 Å². The van der Waals surface area contributed by atoms with Gasteiger partial charge < -0.3 is 15.0 Å². The molecular weight excluding hydrogens is 421 g/mol.